The van der Waals surface area contributed by atoms with Gasteiger partial charge in [0.15, 0.2) is 5.96 Å². The standard InChI is InChI=1S/C20H32N4O/c1-4-16-7-9-17(10-8-16)11-13-22-20(21-6-3)23-18-12-14-24(15-18)19(25)5-2/h7-10,18H,4-6,11-15H2,1-3H3,(H2,21,22,23). The maximum Gasteiger partial charge on any atom is 0.222 e. The van der Waals surface area contributed by atoms with E-state index in [1.54, 1.807) is 0 Å². The largest absolute Gasteiger partial charge is 0.357 e. The van der Waals surface area contributed by atoms with Crippen LogP contribution in [-0.2, 0) is 17.6 Å². The topological polar surface area (TPSA) is 56.7 Å². The van der Waals surface area contributed by atoms with Crippen molar-refractivity contribution < 1.29 is 4.79 Å². The normalized spacial score (nSPS) is 17.6. The number of benzene rings is 1. The van der Waals surface area contributed by atoms with Crippen LogP contribution in [0, 0.1) is 0 Å². The molecule has 1 aliphatic rings. The van der Waals surface area contributed by atoms with Gasteiger partial charge in [-0.1, -0.05) is 38.1 Å². The van der Waals surface area contributed by atoms with Crippen LogP contribution >= 0.6 is 0 Å². The van der Waals surface area contributed by atoms with Crippen molar-refractivity contribution in [2.75, 3.05) is 26.2 Å². The van der Waals surface area contributed by atoms with Gasteiger partial charge in [-0.15, -0.1) is 0 Å². The fourth-order valence-corrected chi connectivity index (χ4v) is 3.08. The van der Waals surface area contributed by atoms with E-state index in [1.165, 1.54) is 11.1 Å². The molecule has 1 heterocycles. The second-order valence-corrected chi connectivity index (χ2v) is 6.50. The number of hydrogen-bond acceptors (Lipinski definition) is 2. The number of aryl methyl sites for hydroxylation is 1. The average molecular weight is 345 g/mol. The highest BCUT2D eigenvalue weighted by Crippen LogP contribution is 2.10. The number of nitrogens with one attached hydrogen (secondary N) is 2. The zero-order valence-electron chi connectivity index (χ0n) is 15.8. The van der Waals surface area contributed by atoms with Crippen molar-refractivity contribution in [3.63, 3.8) is 0 Å². The predicted octanol–water partition coefficient (Wildman–Crippen LogP) is 2.36. The monoisotopic (exact) mass is 344 g/mol. The molecule has 0 saturated carbocycles. The molecule has 1 amide bonds. The van der Waals surface area contributed by atoms with Gasteiger partial charge in [0.05, 0.1) is 0 Å². The lowest BCUT2D eigenvalue weighted by atomic mass is 10.1. The lowest BCUT2D eigenvalue weighted by Crippen LogP contribution is -2.45. The Kier molecular flexibility index (Phi) is 7.76. The van der Waals surface area contributed by atoms with E-state index in [1.807, 2.05) is 11.8 Å². The number of amides is 1. The Morgan fingerprint density at radius 2 is 1.92 bits per heavy atom. The molecule has 0 spiro atoms. The summed E-state index contributed by atoms with van der Waals surface area (Å²) in [6, 6.07) is 9.07. The number of carbonyl (C=O) groups excluding carboxylic acids is 1. The van der Waals surface area contributed by atoms with Crippen LogP contribution in [0.1, 0.15) is 44.7 Å². The van der Waals surface area contributed by atoms with Gasteiger partial charge in [0, 0.05) is 38.6 Å². The Hall–Kier alpha value is -2.04. The SMILES string of the molecule is CCNC(=NCCc1ccc(CC)cc1)NC1CCN(C(=O)CC)C1. The Labute approximate surface area is 151 Å². The van der Waals surface area contributed by atoms with Crippen LogP contribution in [0.15, 0.2) is 29.3 Å². The number of hydrogen-bond donors (Lipinski definition) is 2. The van der Waals surface area contributed by atoms with Gasteiger partial charge in [-0.25, -0.2) is 0 Å². The number of likely N-dealkylation sites (tertiary alicyclic amines) is 1. The third-order valence-electron chi connectivity index (χ3n) is 4.63. The lowest BCUT2D eigenvalue weighted by molar-refractivity contribution is -0.129. The summed E-state index contributed by atoms with van der Waals surface area (Å²) in [6.45, 7) is 9.37. The minimum atomic E-state index is 0.238. The third kappa shape index (κ3) is 6.07. The highest BCUT2D eigenvalue weighted by atomic mass is 16.2. The molecule has 0 aromatic heterocycles. The van der Waals surface area contributed by atoms with Gasteiger partial charge >= 0.3 is 0 Å². The molecule has 138 valence electrons. The number of nitrogens with zero attached hydrogens (tertiary/aromatic N) is 2. The Balaban J connectivity index is 1.84. The van der Waals surface area contributed by atoms with Crippen LogP contribution < -0.4 is 10.6 Å². The molecule has 2 N–H and O–H groups in total. The zero-order chi connectivity index (χ0) is 18.1. The molecule has 5 nitrogen and oxygen atoms in total. The van der Waals surface area contributed by atoms with Crippen molar-refractivity contribution in [3.05, 3.63) is 35.4 Å². The van der Waals surface area contributed by atoms with Gasteiger partial charge in [0.25, 0.3) is 0 Å². The van der Waals surface area contributed by atoms with E-state index in [4.69, 9.17) is 4.99 Å². The summed E-state index contributed by atoms with van der Waals surface area (Å²) in [5, 5.41) is 6.78. The quantitative estimate of drug-likeness (QED) is 0.590. The zero-order valence-corrected chi connectivity index (χ0v) is 15.8. The molecule has 1 unspecified atom stereocenters. The highest BCUT2D eigenvalue weighted by Gasteiger charge is 2.25. The number of aliphatic imine (C=N–C) groups is 1. The molecule has 2 rings (SSSR count). The summed E-state index contributed by atoms with van der Waals surface area (Å²) in [7, 11) is 0. The van der Waals surface area contributed by atoms with E-state index < -0.39 is 0 Å². The van der Waals surface area contributed by atoms with Crippen LogP contribution in [0.25, 0.3) is 0 Å². The fraction of sp³-hybridized carbons (Fsp3) is 0.600. The van der Waals surface area contributed by atoms with Gasteiger partial charge in [0.2, 0.25) is 5.91 Å². The molecule has 1 aromatic carbocycles. The maximum atomic E-state index is 11.8. The van der Waals surface area contributed by atoms with Crippen molar-refractivity contribution in [1.82, 2.24) is 15.5 Å². The van der Waals surface area contributed by atoms with Crippen LogP contribution in [0.5, 0.6) is 0 Å². The molecule has 1 aliphatic heterocycles. The predicted molar refractivity (Wildman–Crippen MR) is 104 cm³/mol. The van der Waals surface area contributed by atoms with Crippen molar-refractivity contribution in [2.45, 2.75) is 52.5 Å². The Morgan fingerprint density at radius 3 is 2.56 bits per heavy atom. The van der Waals surface area contributed by atoms with Crippen LogP contribution in [0.2, 0.25) is 0 Å². The molecular formula is C20H32N4O. The van der Waals surface area contributed by atoms with Crippen LogP contribution in [0.3, 0.4) is 0 Å². The van der Waals surface area contributed by atoms with Crippen molar-refractivity contribution in [3.8, 4) is 0 Å². The lowest BCUT2D eigenvalue weighted by Gasteiger charge is -2.18. The highest BCUT2D eigenvalue weighted by molar-refractivity contribution is 5.80. The van der Waals surface area contributed by atoms with Crippen LogP contribution in [0.4, 0.5) is 0 Å². The van der Waals surface area contributed by atoms with Crippen molar-refractivity contribution >= 4 is 11.9 Å². The molecule has 1 saturated heterocycles. The Morgan fingerprint density at radius 1 is 1.20 bits per heavy atom. The van der Waals surface area contributed by atoms with Crippen molar-refractivity contribution in [1.29, 1.82) is 0 Å². The summed E-state index contributed by atoms with van der Waals surface area (Å²) in [6.07, 6.45) is 3.57. The van der Waals surface area contributed by atoms with E-state index in [-0.39, 0.29) is 11.9 Å². The minimum absolute atomic E-state index is 0.238. The number of guanidine groups is 1. The molecule has 25 heavy (non-hydrogen) atoms. The first-order valence-electron chi connectivity index (χ1n) is 9.56. The van der Waals surface area contributed by atoms with E-state index in [2.05, 4.69) is 48.7 Å². The molecule has 5 heteroatoms. The molecular weight excluding hydrogens is 312 g/mol. The van der Waals surface area contributed by atoms with Gasteiger partial charge < -0.3 is 15.5 Å². The first-order chi connectivity index (χ1) is 12.2. The van der Waals surface area contributed by atoms with Gasteiger partial charge in [0.1, 0.15) is 0 Å². The molecule has 1 aromatic rings. The molecule has 0 radical (unpaired) electrons. The van der Waals surface area contributed by atoms with Crippen molar-refractivity contribution in [2.24, 2.45) is 4.99 Å². The minimum Gasteiger partial charge on any atom is -0.357 e. The third-order valence-corrected chi connectivity index (χ3v) is 4.63. The number of rotatable bonds is 7. The van der Waals surface area contributed by atoms with E-state index in [0.29, 0.717) is 6.42 Å². The first-order valence-corrected chi connectivity index (χ1v) is 9.56. The average Bonchev–Trinajstić information content (AvgIpc) is 3.10. The van der Waals surface area contributed by atoms with E-state index in [0.717, 1.165) is 51.4 Å². The molecule has 1 atom stereocenters. The Bertz CT molecular complexity index is 568. The van der Waals surface area contributed by atoms with Gasteiger partial charge in [-0.2, -0.15) is 0 Å². The van der Waals surface area contributed by atoms with Gasteiger partial charge in [-0.3, -0.25) is 9.79 Å². The molecule has 1 fully saturated rings. The number of carbonyl (C=O) groups is 1. The summed E-state index contributed by atoms with van der Waals surface area (Å²) in [4.78, 5) is 18.4. The summed E-state index contributed by atoms with van der Waals surface area (Å²) >= 11 is 0. The smallest absolute Gasteiger partial charge is 0.222 e. The maximum absolute atomic E-state index is 11.8. The fourth-order valence-electron chi connectivity index (χ4n) is 3.08. The first kappa shape index (κ1) is 19.3. The second-order valence-electron chi connectivity index (χ2n) is 6.50. The second kappa shape index (κ2) is 10.1. The molecule has 0 bridgehead atoms. The van der Waals surface area contributed by atoms with E-state index >= 15 is 0 Å². The van der Waals surface area contributed by atoms with Crippen LogP contribution in [-0.4, -0.2) is 49.0 Å². The molecule has 0 aliphatic carbocycles. The summed E-state index contributed by atoms with van der Waals surface area (Å²) in [5.74, 6) is 1.09. The van der Waals surface area contributed by atoms with Gasteiger partial charge in [-0.05, 0) is 37.3 Å². The van der Waals surface area contributed by atoms with E-state index in [9.17, 15) is 4.79 Å². The summed E-state index contributed by atoms with van der Waals surface area (Å²) in [5.41, 5.74) is 2.69. The summed E-state index contributed by atoms with van der Waals surface area (Å²) < 4.78 is 0.